The average molecular weight is 288 g/mol. The molecular formula is C16H24N4O. The molecule has 0 spiro atoms. The standard InChI is InChI=1S/C16H24N4O/c1-16(2,3)12-8-6-11(7-9-12)14(19-17)15-13(21-5)10-18-20(15)4/h6-10,14,19H,17H2,1-5H3. The zero-order chi connectivity index (χ0) is 15.6. The van der Waals surface area contributed by atoms with Crippen LogP contribution in [0, 0.1) is 0 Å². The maximum Gasteiger partial charge on any atom is 0.161 e. The first-order valence-corrected chi connectivity index (χ1v) is 7.01. The van der Waals surface area contributed by atoms with Gasteiger partial charge in [0.15, 0.2) is 5.75 Å². The Kier molecular flexibility index (Phi) is 4.34. The number of hydrogen-bond acceptors (Lipinski definition) is 4. The molecule has 0 aliphatic heterocycles. The number of ether oxygens (including phenoxy) is 1. The van der Waals surface area contributed by atoms with Gasteiger partial charge in [-0.15, -0.1) is 0 Å². The third-order valence-corrected chi connectivity index (χ3v) is 3.72. The largest absolute Gasteiger partial charge is 0.493 e. The van der Waals surface area contributed by atoms with Crippen molar-refractivity contribution in [1.29, 1.82) is 0 Å². The summed E-state index contributed by atoms with van der Waals surface area (Å²) in [6.07, 6.45) is 1.70. The van der Waals surface area contributed by atoms with Crippen LogP contribution in [0.25, 0.3) is 0 Å². The minimum absolute atomic E-state index is 0.133. The molecule has 2 aromatic rings. The lowest BCUT2D eigenvalue weighted by atomic mass is 9.86. The molecule has 1 atom stereocenters. The smallest absolute Gasteiger partial charge is 0.161 e. The highest BCUT2D eigenvalue weighted by atomic mass is 16.5. The lowest BCUT2D eigenvalue weighted by Crippen LogP contribution is -2.30. The van der Waals surface area contributed by atoms with Crippen molar-refractivity contribution < 1.29 is 4.74 Å². The van der Waals surface area contributed by atoms with Crippen LogP contribution >= 0.6 is 0 Å². The van der Waals surface area contributed by atoms with Crippen LogP contribution in [0.5, 0.6) is 5.75 Å². The minimum Gasteiger partial charge on any atom is -0.493 e. The quantitative estimate of drug-likeness (QED) is 0.669. The van der Waals surface area contributed by atoms with Crippen molar-refractivity contribution in [3.63, 3.8) is 0 Å². The Balaban J connectivity index is 2.40. The average Bonchev–Trinajstić information content (AvgIpc) is 2.81. The number of hydrazine groups is 1. The molecule has 0 radical (unpaired) electrons. The summed E-state index contributed by atoms with van der Waals surface area (Å²) in [6.45, 7) is 6.60. The molecule has 5 nitrogen and oxygen atoms in total. The molecule has 0 fully saturated rings. The molecule has 21 heavy (non-hydrogen) atoms. The van der Waals surface area contributed by atoms with Gasteiger partial charge in [0.1, 0.15) is 5.69 Å². The fourth-order valence-corrected chi connectivity index (χ4v) is 2.42. The molecule has 0 bridgehead atoms. The number of aromatic nitrogens is 2. The number of rotatable bonds is 4. The monoisotopic (exact) mass is 288 g/mol. The van der Waals surface area contributed by atoms with Gasteiger partial charge in [0.25, 0.3) is 0 Å². The van der Waals surface area contributed by atoms with Crippen molar-refractivity contribution in [3.8, 4) is 5.75 Å². The number of nitrogens with one attached hydrogen (secondary N) is 1. The summed E-state index contributed by atoms with van der Waals surface area (Å²) in [6, 6.07) is 8.31. The predicted octanol–water partition coefficient (Wildman–Crippen LogP) is 2.28. The molecule has 2 rings (SSSR count). The molecule has 3 N–H and O–H groups in total. The van der Waals surface area contributed by atoms with Crippen molar-refractivity contribution in [2.45, 2.75) is 32.2 Å². The Hall–Kier alpha value is -1.85. The van der Waals surface area contributed by atoms with Crippen LogP contribution in [0.4, 0.5) is 0 Å². The van der Waals surface area contributed by atoms with Crippen molar-refractivity contribution in [1.82, 2.24) is 15.2 Å². The highest BCUT2D eigenvalue weighted by Gasteiger charge is 2.22. The van der Waals surface area contributed by atoms with Crippen molar-refractivity contribution >= 4 is 0 Å². The van der Waals surface area contributed by atoms with Gasteiger partial charge in [-0.05, 0) is 16.5 Å². The van der Waals surface area contributed by atoms with E-state index in [0.717, 1.165) is 17.0 Å². The number of nitrogens with two attached hydrogens (primary N) is 1. The van der Waals surface area contributed by atoms with Crippen LogP contribution in [-0.2, 0) is 12.5 Å². The summed E-state index contributed by atoms with van der Waals surface area (Å²) in [5.41, 5.74) is 6.26. The van der Waals surface area contributed by atoms with Crippen molar-refractivity contribution in [2.24, 2.45) is 12.9 Å². The van der Waals surface area contributed by atoms with Crippen LogP contribution in [-0.4, -0.2) is 16.9 Å². The predicted molar refractivity (Wildman–Crippen MR) is 84.1 cm³/mol. The Morgan fingerprint density at radius 2 is 1.86 bits per heavy atom. The zero-order valence-corrected chi connectivity index (χ0v) is 13.3. The van der Waals surface area contributed by atoms with E-state index in [4.69, 9.17) is 10.6 Å². The lowest BCUT2D eigenvalue weighted by Gasteiger charge is -2.22. The molecule has 0 amide bonds. The summed E-state index contributed by atoms with van der Waals surface area (Å²) < 4.78 is 7.15. The first-order chi connectivity index (χ1) is 9.88. The molecule has 1 unspecified atom stereocenters. The first kappa shape index (κ1) is 15.5. The Labute approximate surface area is 126 Å². The molecule has 114 valence electrons. The fraction of sp³-hybridized carbons (Fsp3) is 0.438. The van der Waals surface area contributed by atoms with E-state index >= 15 is 0 Å². The second-order valence-electron chi connectivity index (χ2n) is 6.19. The molecule has 1 aromatic heterocycles. The second kappa shape index (κ2) is 5.87. The van der Waals surface area contributed by atoms with Gasteiger partial charge in [-0.1, -0.05) is 45.0 Å². The number of nitrogens with zero attached hydrogens (tertiary/aromatic N) is 2. The van der Waals surface area contributed by atoms with Crippen LogP contribution in [0.1, 0.15) is 43.6 Å². The summed E-state index contributed by atoms with van der Waals surface area (Å²) in [5, 5.41) is 4.23. The van der Waals surface area contributed by atoms with Gasteiger partial charge in [-0.2, -0.15) is 5.10 Å². The minimum atomic E-state index is -0.165. The highest BCUT2D eigenvalue weighted by molar-refractivity contribution is 5.38. The Morgan fingerprint density at radius 1 is 1.24 bits per heavy atom. The third-order valence-electron chi connectivity index (χ3n) is 3.72. The molecule has 1 aromatic carbocycles. The fourth-order valence-electron chi connectivity index (χ4n) is 2.42. The lowest BCUT2D eigenvalue weighted by molar-refractivity contribution is 0.401. The number of methoxy groups -OCH3 is 1. The van der Waals surface area contributed by atoms with Gasteiger partial charge in [0.2, 0.25) is 0 Å². The number of aryl methyl sites for hydroxylation is 1. The summed E-state index contributed by atoms with van der Waals surface area (Å²) in [5.74, 6) is 6.49. The topological polar surface area (TPSA) is 65.1 Å². The molecule has 1 heterocycles. The van der Waals surface area contributed by atoms with Gasteiger partial charge in [-0.25, -0.2) is 5.43 Å². The van der Waals surface area contributed by atoms with Gasteiger partial charge < -0.3 is 4.74 Å². The second-order valence-corrected chi connectivity index (χ2v) is 6.19. The van der Waals surface area contributed by atoms with E-state index in [1.165, 1.54) is 5.56 Å². The van der Waals surface area contributed by atoms with E-state index in [-0.39, 0.29) is 11.5 Å². The molecular weight excluding hydrogens is 264 g/mol. The van der Waals surface area contributed by atoms with E-state index in [1.54, 1.807) is 18.0 Å². The molecule has 0 saturated carbocycles. The van der Waals surface area contributed by atoms with Gasteiger partial charge in [-0.3, -0.25) is 10.5 Å². The van der Waals surface area contributed by atoms with Crippen LogP contribution in [0.3, 0.4) is 0 Å². The Morgan fingerprint density at radius 3 is 2.33 bits per heavy atom. The number of hydrogen-bond donors (Lipinski definition) is 2. The summed E-state index contributed by atoms with van der Waals surface area (Å²) in [4.78, 5) is 0. The normalized spacial score (nSPS) is 13.2. The van der Waals surface area contributed by atoms with Crippen molar-refractivity contribution in [2.75, 3.05) is 7.11 Å². The maximum atomic E-state index is 5.77. The van der Waals surface area contributed by atoms with Crippen LogP contribution in [0.15, 0.2) is 30.5 Å². The molecule has 0 saturated heterocycles. The third kappa shape index (κ3) is 3.09. The molecule has 0 aliphatic rings. The molecule has 5 heteroatoms. The van der Waals surface area contributed by atoms with Gasteiger partial charge in [0.05, 0.1) is 19.3 Å². The van der Waals surface area contributed by atoms with E-state index in [2.05, 4.69) is 55.6 Å². The zero-order valence-electron chi connectivity index (χ0n) is 13.3. The van der Waals surface area contributed by atoms with Crippen molar-refractivity contribution in [3.05, 3.63) is 47.3 Å². The van der Waals surface area contributed by atoms with E-state index < -0.39 is 0 Å². The number of benzene rings is 1. The summed E-state index contributed by atoms with van der Waals surface area (Å²) >= 11 is 0. The molecule has 0 aliphatic carbocycles. The SMILES string of the molecule is COc1cnn(C)c1C(NN)c1ccc(C(C)(C)C)cc1. The van der Waals surface area contributed by atoms with Crippen LogP contribution in [0.2, 0.25) is 0 Å². The maximum absolute atomic E-state index is 5.77. The first-order valence-electron chi connectivity index (χ1n) is 7.01. The summed E-state index contributed by atoms with van der Waals surface area (Å²) in [7, 11) is 3.52. The van der Waals surface area contributed by atoms with E-state index in [1.807, 2.05) is 7.05 Å². The van der Waals surface area contributed by atoms with E-state index in [9.17, 15) is 0 Å². The van der Waals surface area contributed by atoms with E-state index in [0.29, 0.717) is 0 Å². The highest BCUT2D eigenvalue weighted by Crippen LogP contribution is 2.30. The van der Waals surface area contributed by atoms with Crippen LogP contribution < -0.4 is 16.0 Å². The van der Waals surface area contributed by atoms with Gasteiger partial charge in [0, 0.05) is 7.05 Å². The Bertz CT molecular complexity index is 596. The van der Waals surface area contributed by atoms with Gasteiger partial charge >= 0.3 is 0 Å².